The zero-order chi connectivity index (χ0) is 45.4. The van der Waals surface area contributed by atoms with Crippen molar-refractivity contribution in [2.24, 2.45) is 0 Å². The van der Waals surface area contributed by atoms with E-state index in [0.29, 0.717) is 17.5 Å². The molecule has 0 N–H and O–H groups in total. The Morgan fingerprint density at radius 1 is 0.290 bits per heavy atom. The fourth-order valence-corrected chi connectivity index (χ4v) is 10.2. The molecule has 6 nitrogen and oxygen atoms in total. The van der Waals surface area contributed by atoms with Gasteiger partial charge in [0.2, 0.25) is 0 Å². The molecule has 0 bridgehead atoms. The second-order valence-electron chi connectivity index (χ2n) is 17.5. The van der Waals surface area contributed by atoms with Crippen molar-refractivity contribution in [3.8, 4) is 73.2 Å². The van der Waals surface area contributed by atoms with Crippen molar-refractivity contribution in [3.05, 3.63) is 231 Å². The SMILES string of the molecule is c1ccc(-c2ccc(-c3nc(-c4ccccc4)nc(-c4cc(-c5ccc(-n6c7ccccc7c7cc(-c8ccccc8)ccc76)c6c5oc5ccccc56)c5c(c4)oc4ccccc45)n3)cc2)cc1. The van der Waals surface area contributed by atoms with E-state index in [-0.39, 0.29) is 0 Å². The van der Waals surface area contributed by atoms with E-state index in [2.05, 4.69) is 180 Å². The zero-order valence-corrected chi connectivity index (χ0v) is 37.0. The predicted molar refractivity (Wildman–Crippen MR) is 281 cm³/mol. The first-order chi connectivity index (χ1) is 34.2. The van der Waals surface area contributed by atoms with Crippen molar-refractivity contribution in [2.45, 2.75) is 0 Å². The molecular weight excluding hydrogens is 845 g/mol. The molecule has 10 aromatic carbocycles. The molecule has 0 saturated carbocycles. The van der Waals surface area contributed by atoms with Crippen LogP contribution in [0.3, 0.4) is 0 Å². The number of furan rings is 2. The summed E-state index contributed by atoms with van der Waals surface area (Å²) in [5.41, 5.74) is 15.5. The van der Waals surface area contributed by atoms with Crippen LogP contribution in [0, 0.1) is 0 Å². The molecule has 0 atom stereocenters. The average Bonchev–Trinajstić information content (AvgIpc) is 4.11. The molecule has 0 aliphatic rings. The average molecular weight is 883 g/mol. The molecule has 69 heavy (non-hydrogen) atoms. The zero-order valence-electron chi connectivity index (χ0n) is 37.0. The number of nitrogens with zero attached hydrogens (tertiary/aromatic N) is 4. The Balaban J connectivity index is 1.01. The maximum atomic E-state index is 7.07. The normalized spacial score (nSPS) is 11.8. The first kappa shape index (κ1) is 38.8. The molecule has 14 rings (SSSR count). The molecule has 322 valence electrons. The van der Waals surface area contributed by atoms with E-state index >= 15 is 0 Å². The molecule has 4 aromatic heterocycles. The minimum Gasteiger partial charge on any atom is -0.456 e. The number of benzene rings is 10. The van der Waals surface area contributed by atoms with E-state index in [4.69, 9.17) is 23.8 Å². The van der Waals surface area contributed by atoms with E-state index in [1.807, 2.05) is 54.6 Å². The summed E-state index contributed by atoms with van der Waals surface area (Å²) >= 11 is 0. The van der Waals surface area contributed by atoms with Crippen molar-refractivity contribution in [1.29, 1.82) is 0 Å². The van der Waals surface area contributed by atoms with E-state index < -0.39 is 0 Å². The van der Waals surface area contributed by atoms with Gasteiger partial charge >= 0.3 is 0 Å². The fraction of sp³-hybridized carbons (Fsp3) is 0. The maximum absolute atomic E-state index is 7.07. The molecule has 0 amide bonds. The minimum absolute atomic E-state index is 0.534. The second kappa shape index (κ2) is 15.6. The standard InChI is InChI=1S/C63H38N4O2/c1-4-16-39(17-5-1)41-28-30-43(31-29-41)62-64-61(42-20-8-3-9-21-42)65-63(66-62)45-37-51(58-48-23-11-14-26-55(48)68-57(58)38-45)47-33-35-54(59-49-24-12-15-27-56(49)69-60(47)59)67-52-25-13-10-22-46(52)50-36-44(32-34-53(50)67)40-18-6-2-7-19-40/h1-38H. The minimum atomic E-state index is 0.534. The van der Waals surface area contributed by atoms with Crippen molar-refractivity contribution >= 4 is 65.7 Å². The highest BCUT2D eigenvalue weighted by atomic mass is 16.3. The largest absolute Gasteiger partial charge is 0.456 e. The topological polar surface area (TPSA) is 69.9 Å². The van der Waals surface area contributed by atoms with Gasteiger partial charge < -0.3 is 13.4 Å². The van der Waals surface area contributed by atoms with Crippen LogP contribution in [0.2, 0.25) is 0 Å². The van der Waals surface area contributed by atoms with Crippen LogP contribution in [0.1, 0.15) is 0 Å². The molecule has 0 aliphatic carbocycles. The van der Waals surface area contributed by atoms with Crippen LogP contribution < -0.4 is 0 Å². The van der Waals surface area contributed by atoms with Gasteiger partial charge in [-0.25, -0.2) is 15.0 Å². The molecule has 6 heteroatoms. The van der Waals surface area contributed by atoms with Gasteiger partial charge in [0.1, 0.15) is 22.3 Å². The number of para-hydroxylation sites is 3. The molecule has 0 saturated heterocycles. The third-order valence-corrected chi connectivity index (χ3v) is 13.5. The Morgan fingerprint density at radius 2 is 0.783 bits per heavy atom. The Hall–Kier alpha value is -9.39. The molecule has 4 heterocycles. The van der Waals surface area contributed by atoms with Gasteiger partial charge in [-0.2, -0.15) is 0 Å². The highest BCUT2D eigenvalue weighted by molar-refractivity contribution is 6.21. The monoisotopic (exact) mass is 882 g/mol. The highest BCUT2D eigenvalue weighted by Gasteiger charge is 2.25. The summed E-state index contributed by atoms with van der Waals surface area (Å²) in [6.45, 7) is 0. The molecule has 0 radical (unpaired) electrons. The van der Waals surface area contributed by atoms with E-state index in [1.54, 1.807) is 0 Å². The smallest absolute Gasteiger partial charge is 0.164 e. The lowest BCUT2D eigenvalue weighted by molar-refractivity contribution is 0.668. The van der Waals surface area contributed by atoms with E-state index in [9.17, 15) is 0 Å². The van der Waals surface area contributed by atoms with Crippen molar-refractivity contribution in [2.75, 3.05) is 0 Å². The number of hydrogen-bond donors (Lipinski definition) is 0. The number of rotatable bonds is 7. The number of hydrogen-bond acceptors (Lipinski definition) is 5. The lowest BCUT2D eigenvalue weighted by atomic mass is 9.94. The Morgan fingerprint density at radius 3 is 1.48 bits per heavy atom. The van der Waals surface area contributed by atoms with Gasteiger partial charge in [-0.15, -0.1) is 0 Å². The first-order valence-electron chi connectivity index (χ1n) is 23.2. The van der Waals surface area contributed by atoms with E-state index in [1.165, 1.54) is 21.9 Å². The van der Waals surface area contributed by atoms with E-state index in [0.717, 1.165) is 99.5 Å². The van der Waals surface area contributed by atoms with Gasteiger partial charge in [-0.3, -0.25) is 0 Å². The van der Waals surface area contributed by atoms with Crippen LogP contribution in [0.4, 0.5) is 0 Å². The summed E-state index contributed by atoms with van der Waals surface area (Å²) in [5, 5.41) is 6.44. The van der Waals surface area contributed by atoms with Gasteiger partial charge in [0, 0.05) is 49.2 Å². The van der Waals surface area contributed by atoms with Crippen molar-refractivity contribution in [1.82, 2.24) is 19.5 Å². The quantitative estimate of drug-likeness (QED) is 0.159. The summed E-state index contributed by atoms with van der Waals surface area (Å²) < 4.78 is 16.2. The van der Waals surface area contributed by atoms with Crippen molar-refractivity contribution < 1.29 is 8.83 Å². The van der Waals surface area contributed by atoms with Gasteiger partial charge in [0.25, 0.3) is 0 Å². The number of aromatic nitrogens is 4. The summed E-state index contributed by atoms with van der Waals surface area (Å²) in [6, 6.07) is 80.3. The molecular formula is C63H38N4O2. The fourth-order valence-electron chi connectivity index (χ4n) is 10.2. The Bertz CT molecular complexity index is 4290. The lowest BCUT2D eigenvalue weighted by Gasteiger charge is -2.14. The second-order valence-corrected chi connectivity index (χ2v) is 17.5. The predicted octanol–water partition coefficient (Wildman–Crippen LogP) is 16.8. The van der Waals surface area contributed by atoms with Gasteiger partial charge in [-0.1, -0.05) is 176 Å². The Labute approximate surface area is 396 Å². The van der Waals surface area contributed by atoms with Crippen LogP contribution in [-0.4, -0.2) is 19.5 Å². The summed E-state index contributed by atoms with van der Waals surface area (Å²) in [4.78, 5) is 15.5. The summed E-state index contributed by atoms with van der Waals surface area (Å²) in [7, 11) is 0. The van der Waals surface area contributed by atoms with Crippen LogP contribution in [0.5, 0.6) is 0 Å². The summed E-state index contributed by atoms with van der Waals surface area (Å²) in [5.74, 6) is 1.70. The van der Waals surface area contributed by atoms with Gasteiger partial charge in [0.15, 0.2) is 17.5 Å². The number of fused-ring (bicyclic) bond motifs is 9. The lowest BCUT2D eigenvalue weighted by Crippen LogP contribution is -2.00. The third-order valence-electron chi connectivity index (χ3n) is 13.5. The van der Waals surface area contributed by atoms with Gasteiger partial charge in [-0.05, 0) is 82.4 Å². The highest BCUT2D eigenvalue weighted by Crippen LogP contribution is 2.47. The van der Waals surface area contributed by atoms with Gasteiger partial charge in [0.05, 0.1) is 22.1 Å². The molecule has 0 spiro atoms. The van der Waals surface area contributed by atoms with Crippen LogP contribution >= 0.6 is 0 Å². The molecule has 0 aliphatic heterocycles. The summed E-state index contributed by atoms with van der Waals surface area (Å²) in [6.07, 6.45) is 0. The van der Waals surface area contributed by atoms with Crippen LogP contribution in [0.25, 0.3) is 139 Å². The van der Waals surface area contributed by atoms with Crippen LogP contribution in [-0.2, 0) is 0 Å². The van der Waals surface area contributed by atoms with Crippen molar-refractivity contribution in [3.63, 3.8) is 0 Å². The molecule has 0 fully saturated rings. The first-order valence-corrected chi connectivity index (χ1v) is 23.2. The maximum Gasteiger partial charge on any atom is 0.164 e. The third kappa shape index (κ3) is 6.38. The Kier molecular flexibility index (Phi) is 8.79. The molecule has 14 aromatic rings. The molecule has 0 unspecified atom stereocenters. The van der Waals surface area contributed by atoms with Crippen LogP contribution in [0.15, 0.2) is 239 Å².